The lowest BCUT2D eigenvalue weighted by Gasteiger charge is -2.01. The zero-order valence-electron chi connectivity index (χ0n) is 11.1. The third kappa shape index (κ3) is 4.82. The first-order valence-corrected chi connectivity index (χ1v) is 7.18. The Labute approximate surface area is 110 Å². The molecule has 2 rings (SSSR count). The number of nitrogens with one attached hydrogen (secondary N) is 2. The maximum absolute atomic E-state index is 3.11. The summed E-state index contributed by atoms with van der Waals surface area (Å²) in [6, 6.07) is 4.35. The van der Waals surface area contributed by atoms with E-state index in [2.05, 4.69) is 34.5 Å². The zero-order valence-corrected chi connectivity index (χ0v) is 11.1. The van der Waals surface area contributed by atoms with Crippen LogP contribution in [-0.4, -0.2) is 9.97 Å². The highest BCUT2D eigenvalue weighted by Gasteiger charge is 1.95. The van der Waals surface area contributed by atoms with Crippen LogP contribution in [0.1, 0.15) is 49.7 Å². The van der Waals surface area contributed by atoms with E-state index in [0.29, 0.717) is 0 Å². The van der Waals surface area contributed by atoms with E-state index >= 15 is 0 Å². The molecule has 0 unspecified atom stereocenters. The van der Waals surface area contributed by atoms with E-state index in [1.165, 1.54) is 62.5 Å². The minimum atomic E-state index is 1.23. The summed E-state index contributed by atoms with van der Waals surface area (Å²) in [5.74, 6) is 0. The molecule has 2 aromatic heterocycles. The number of aryl methyl sites for hydroxylation is 2. The fourth-order valence-electron chi connectivity index (χ4n) is 2.39. The Hall–Kier alpha value is -1.44. The van der Waals surface area contributed by atoms with Gasteiger partial charge in [0, 0.05) is 24.8 Å². The lowest BCUT2D eigenvalue weighted by molar-refractivity contribution is 0.594. The van der Waals surface area contributed by atoms with Crippen LogP contribution in [0.15, 0.2) is 36.9 Å². The van der Waals surface area contributed by atoms with Gasteiger partial charge in [0.25, 0.3) is 0 Å². The number of unbranched alkanes of at least 4 members (excludes halogenated alkanes) is 5. The fourth-order valence-corrected chi connectivity index (χ4v) is 2.39. The highest BCUT2D eigenvalue weighted by molar-refractivity contribution is 5.08. The van der Waals surface area contributed by atoms with Crippen molar-refractivity contribution in [3.63, 3.8) is 0 Å². The quantitative estimate of drug-likeness (QED) is 0.610. The molecule has 0 bridgehead atoms. The van der Waals surface area contributed by atoms with E-state index in [4.69, 9.17) is 0 Å². The Balaban J connectivity index is 1.40. The molecular formula is C16H24N2. The van der Waals surface area contributed by atoms with Crippen LogP contribution in [0.4, 0.5) is 0 Å². The topological polar surface area (TPSA) is 31.6 Å². The summed E-state index contributed by atoms with van der Waals surface area (Å²) < 4.78 is 0. The van der Waals surface area contributed by atoms with Crippen LogP contribution in [0.2, 0.25) is 0 Å². The van der Waals surface area contributed by atoms with Crippen LogP contribution < -0.4 is 0 Å². The molecule has 2 N–H and O–H groups in total. The Kier molecular flexibility index (Phi) is 5.64. The fraction of sp³-hybridized carbons (Fsp3) is 0.500. The van der Waals surface area contributed by atoms with Gasteiger partial charge < -0.3 is 9.97 Å². The van der Waals surface area contributed by atoms with Gasteiger partial charge in [-0.15, -0.1) is 0 Å². The van der Waals surface area contributed by atoms with Crippen LogP contribution in [0.3, 0.4) is 0 Å². The first-order chi connectivity index (χ1) is 8.95. The first kappa shape index (κ1) is 13.0. The SMILES string of the molecule is c1cc(CCCCCCCCc2cc[nH]c2)c[nH]1. The predicted octanol–water partition coefficient (Wildman–Crippen LogP) is 4.47. The summed E-state index contributed by atoms with van der Waals surface area (Å²) in [6.07, 6.45) is 18.9. The molecule has 98 valence electrons. The van der Waals surface area contributed by atoms with Crippen molar-refractivity contribution < 1.29 is 0 Å². The summed E-state index contributed by atoms with van der Waals surface area (Å²) in [5, 5.41) is 0. The smallest absolute Gasteiger partial charge is 0.00373 e. The second-order valence-electron chi connectivity index (χ2n) is 5.06. The van der Waals surface area contributed by atoms with Crippen molar-refractivity contribution in [3.05, 3.63) is 48.0 Å². The molecule has 0 aliphatic heterocycles. The second-order valence-corrected chi connectivity index (χ2v) is 5.06. The molecule has 2 heteroatoms. The van der Waals surface area contributed by atoms with Gasteiger partial charge in [0.15, 0.2) is 0 Å². The average Bonchev–Trinajstić information content (AvgIpc) is 3.05. The molecule has 0 atom stereocenters. The summed E-state index contributed by atoms with van der Waals surface area (Å²) >= 11 is 0. The number of H-pyrrole nitrogens is 2. The standard InChI is InChI=1S/C16H24N2/c1(3-5-7-15-9-11-17-13-15)2-4-6-8-16-10-12-18-14-16/h9-14,17-18H,1-8H2. The van der Waals surface area contributed by atoms with E-state index in [9.17, 15) is 0 Å². The molecule has 0 aliphatic rings. The number of hydrogen-bond donors (Lipinski definition) is 2. The van der Waals surface area contributed by atoms with Crippen molar-refractivity contribution in [2.24, 2.45) is 0 Å². The average molecular weight is 244 g/mol. The molecule has 0 amide bonds. The van der Waals surface area contributed by atoms with Crippen molar-refractivity contribution in [2.75, 3.05) is 0 Å². The molecule has 0 saturated heterocycles. The van der Waals surface area contributed by atoms with Gasteiger partial charge in [-0.25, -0.2) is 0 Å². The summed E-state index contributed by atoms with van der Waals surface area (Å²) in [5.41, 5.74) is 2.89. The molecule has 0 spiro atoms. The Morgan fingerprint density at radius 3 is 1.44 bits per heavy atom. The summed E-state index contributed by atoms with van der Waals surface area (Å²) in [4.78, 5) is 6.22. The van der Waals surface area contributed by atoms with Crippen molar-refractivity contribution in [1.82, 2.24) is 9.97 Å². The molecule has 0 fully saturated rings. The predicted molar refractivity (Wildman–Crippen MR) is 76.7 cm³/mol. The molecule has 0 aliphatic carbocycles. The lowest BCUT2D eigenvalue weighted by Crippen LogP contribution is -1.86. The third-order valence-corrected chi connectivity index (χ3v) is 3.51. The highest BCUT2D eigenvalue weighted by atomic mass is 14.6. The molecular weight excluding hydrogens is 220 g/mol. The van der Waals surface area contributed by atoms with Gasteiger partial charge in [-0.2, -0.15) is 0 Å². The van der Waals surface area contributed by atoms with Gasteiger partial charge >= 0.3 is 0 Å². The molecule has 0 aromatic carbocycles. The first-order valence-electron chi connectivity index (χ1n) is 7.18. The number of rotatable bonds is 9. The van der Waals surface area contributed by atoms with Crippen molar-refractivity contribution in [3.8, 4) is 0 Å². The Bertz CT molecular complexity index is 346. The monoisotopic (exact) mass is 244 g/mol. The Morgan fingerprint density at radius 1 is 0.611 bits per heavy atom. The minimum Gasteiger partial charge on any atom is -0.367 e. The van der Waals surface area contributed by atoms with Crippen molar-refractivity contribution in [2.45, 2.75) is 51.4 Å². The van der Waals surface area contributed by atoms with E-state index in [0.717, 1.165) is 0 Å². The van der Waals surface area contributed by atoms with E-state index in [1.54, 1.807) is 0 Å². The van der Waals surface area contributed by atoms with E-state index in [-0.39, 0.29) is 0 Å². The van der Waals surface area contributed by atoms with Gasteiger partial charge in [0.05, 0.1) is 0 Å². The van der Waals surface area contributed by atoms with Gasteiger partial charge in [0.2, 0.25) is 0 Å². The van der Waals surface area contributed by atoms with E-state index < -0.39 is 0 Å². The van der Waals surface area contributed by atoms with Gasteiger partial charge in [-0.05, 0) is 48.9 Å². The van der Waals surface area contributed by atoms with Gasteiger partial charge in [-0.3, -0.25) is 0 Å². The highest BCUT2D eigenvalue weighted by Crippen LogP contribution is 2.11. The number of aromatic amines is 2. The maximum atomic E-state index is 3.11. The zero-order chi connectivity index (χ0) is 12.5. The largest absolute Gasteiger partial charge is 0.367 e. The molecule has 0 radical (unpaired) electrons. The molecule has 2 aromatic rings. The summed E-state index contributed by atoms with van der Waals surface area (Å²) in [7, 11) is 0. The lowest BCUT2D eigenvalue weighted by atomic mass is 10.0. The van der Waals surface area contributed by atoms with Gasteiger partial charge in [-0.1, -0.05) is 25.7 Å². The third-order valence-electron chi connectivity index (χ3n) is 3.51. The van der Waals surface area contributed by atoms with Crippen molar-refractivity contribution >= 4 is 0 Å². The van der Waals surface area contributed by atoms with Crippen LogP contribution in [0.5, 0.6) is 0 Å². The molecule has 0 saturated carbocycles. The maximum Gasteiger partial charge on any atom is 0.00373 e. The molecule has 2 heterocycles. The van der Waals surface area contributed by atoms with Crippen LogP contribution in [0, 0.1) is 0 Å². The van der Waals surface area contributed by atoms with Crippen LogP contribution >= 0.6 is 0 Å². The summed E-state index contributed by atoms with van der Waals surface area (Å²) in [6.45, 7) is 0. The van der Waals surface area contributed by atoms with Crippen LogP contribution in [0.25, 0.3) is 0 Å². The number of hydrogen-bond acceptors (Lipinski definition) is 0. The minimum absolute atomic E-state index is 1.23. The molecule has 2 nitrogen and oxygen atoms in total. The van der Waals surface area contributed by atoms with Crippen molar-refractivity contribution in [1.29, 1.82) is 0 Å². The number of aromatic nitrogens is 2. The molecule has 18 heavy (non-hydrogen) atoms. The van der Waals surface area contributed by atoms with Gasteiger partial charge in [0.1, 0.15) is 0 Å². The Morgan fingerprint density at radius 2 is 1.06 bits per heavy atom. The normalized spacial score (nSPS) is 10.9. The van der Waals surface area contributed by atoms with Crippen LogP contribution in [-0.2, 0) is 12.8 Å². The van der Waals surface area contributed by atoms with E-state index in [1.807, 2.05) is 12.4 Å². The second kappa shape index (κ2) is 7.80.